The second kappa shape index (κ2) is 9.34. The Morgan fingerprint density at radius 1 is 0.889 bits per heavy atom. The van der Waals surface area contributed by atoms with Gasteiger partial charge in [0.2, 0.25) is 0 Å². The number of aromatic amines is 2. The second-order valence-electron chi connectivity index (χ2n) is 8.99. The molecular weight excluding hydrogens is 455 g/mol. The van der Waals surface area contributed by atoms with Gasteiger partial charge >= 0.3 is 0 Å². The number of hydrogen-bond acceptors (Lipinski definition) is 2. The van der Waals surface area contributed by atoms with Gasteiger partial charge in [0.05, 0.1) is 5.52 Å². The maximum Gasteiger partial charge on any atom is 0.267 e. The molecule has 5 rings (SSSR count). The lowest BCUT2D eigenvalue weighted by atomic mass is 10.0. The minimum Gasteiger partial charge on any atom is -0.356 e. The molecule has 0 saturated carbocycles. The van der Waals surface area contributed by atoms with E-state index in [1.54, 1.807) is 25.2 Å². The van der Waals surface area contributed by atoms with E-state index in [0.717, 1.165) is 44.2 Å². The van der Waals surface area contributed by atoms with Gasteiger partial charge in [-0.25, -0.2) is 4.39 Å². The molecule has 0 bridgehead atoms. The van der Waals surface area contributed by atoms with Gasteiger partial charge in [0.25, 0.3) is 11.8 Å². The summed E-state index contributed by atoms with van der Waals surface area (Å²) >= 11 is 0. The van der Waals surface area contributed by atoms with E-state index in [4.69, 9.17) is 0 Å². The fraction of sp³-hybridized carbons (Fsp3) is 0.172. The van der Waals surface area contributed by atoms with E-state index >= 15 is 0 Å². The lowest BCUT2D eigenvalue weighted by Crippen LogP contribution is -2.26. The summed E-state index contributed by atoms with van der Waals surface area (Å²) in [5.74, 6) is -0.587. The Morgan fingerprint density at radius 2 is 1.64 bits per heavy atom. The van der Waals surface area contributed by atoms with Crippen LogP contribution in [0.3, 0.4) is 0 Å². The molecule has 7 heteroatoms. The number of amides is 2. The summed E-state index contributed by atoms with van der Waals surface area (Å²) in [5, 5.41) is 7.42. The third-order valence-electron chi connectivity index (χ3n) is 6.66. The Balaban J connectivity index is 1.30. The lowest BCUT2D eigenvalue weighted by molar-refractivity contribution is 0.0946. The fourth-order valence-corrected chi connectivity index (χ4v) is 4.74. The van der Waals surface area contributed by atoms with Crippen molar-refractivity contribution in [3.8, 4) is 11.1 Å². The van der Waals surface area contributed by atoms with Gasteiger partial charge in [0.15, 0.2) is 0 Å². The van der Waals surface area contributed by atoms with Crippen LogP contribution < -0.4 is 10.6 Å². The van der Waals surface area contributed by atoms with Crippen molar-refractivity contribution in [1.82, 2.24) is 20.6 Å². The lowest BCUT2D eigenvalue weighted by Gasteiger charge is -2.06. The molecule has 0 aliphatic heterocycles. The van der Waals surface area contributed by atoms with Crippen molar-refractivity contribution in [3.63, 3.8) is 0 Å². The Labute approximate surface area is 207 Å². The average Bonchev–Trinajstić information content (AvgIpc) is 3.47. The summed E-state index contributed by atoms with van der Waals surface area (Å²) in [7, 11) is 1.61. The Bertz CT molecular complexity index is 1610. The van der Waals surface area contributed by atoms with Gasteiger partial charge in [-0.05, 0) is 72.9 Å². The molecule has 182 valence electrons. The first-order chi connectivity index (χ1) is 17.4. The summed E-state index contributed by atoms with van der Waals surface area (Å²) in [5.41, 5.74) is 7.35. The molecule has 0 radical (unpaired) electrons. The minimum atomic E-state index is -0.270. The van der Waals surface area contributed by atoms with Crippen LogP contribution in [-0.4, -0.2) is 35.4 Å². The van der Waals surface area contributed by atoms with Crippen molar-refractivity contribution < 1.29 is 14.0 Å². The van der Waals surface area contributed by atoms with E-state index in [1.165, 1.54) is 6.07 Å². The number of fused-ring (bicyclic) bond motifs is 2. The molecule has 0 aliphatic rings. The van der Waals surface area contributed by atoms with Crippen LogP contribution >= 0.6 is 0 Å². The zero-order chi connectivity index (χ0) is 25.4. The minimum absolute atomic E-state index is 0.126. The number of aromatic nitrogens is 2. The number of halogens is 1. The van der Waals surface area contributed by atoms with E-state index < -0.39 is 0 Å². The molecule has 0 aliphatic carbocycles. The standard InChI is InChI=1S/C29H27FN4O2/c1-16-4-11-23(30)27-26(16)22(17(2)33-27)12-13-32-29(36)25-15-21-10-9-20(14-24(21)34-25)18-5-7-19(8-6-18)28(35)31-3/h4-11,14-15,33-34H,12-13H2,1-3H3,(H,31,35)(H,32,36). The molecule has 4 N–H and O–H groups in total. The second-order valence-corrected chi connectivity index (χ2v) is 8.99. The highest BCUT2D eigenvalue weighted by Gasteiger charge is 2.15. The molecule has 2 heterocycles. The fourth-order valence-electron chi connectivity index (χ4n) is 4.74. The first-order valence-corrected chi connectivity index (χ1v) is 11.9. The van der Waals surface area contributed by atoms with Gasteiger partial charge in [-0.1, -0.05) is 30.3 Å². The van der Waals surface area contributed by atoms with Gasteiger partial charge in [-0.3, -0.25) is 9.59 Å². The van der Waals surface area contributed by atoms with Crippen LogP contribution in [0.25, 0.3) is 32.9 Å². The summed E-state index contributed by atoms with van der Waals surface area (Å²) in [6.07, 6.45) is 0.596. The zero-order valence-corrected chi connectivity index (χ0v) is 20.4. The molecule has 3 aromatic carbocycles. The highest BCUT2D eigenvalue weighted by Crippen LogP contribution is 2.28. The topological polar surface area (TPSA) is 89.8 Å². The molecule has 2 aromatic heterocycles. The van der Waals surface area contributed by atoms with Crippen LogP contribution in [-0.2, 0) is 6.42 Å². The Kier molecular flexibility index (Phi) is 6.06. The summed E-state index contributed by atoms with van der Waals surface area (Å²) in [6, 6.07) is 18.4. The van der Waals surface area contributed by atoms with Crippen molar-refractivity contribution in [2.75, 3.05) is 13.6 Å². The first kappa shape index (κ1) is 23.4. The molecule has 6 nitrogen and oxygen atoms in total. The maximum absolute atomic E-state index is 14.2. The van der Waals surface area contributed by atoms with E-state index in [2.05, 4.69) is 20.6 Å². The van der Waals surface area contributed by atoms with Crippen molar-refractivity contribution in [1.29, 1.82) is 0 Å². The van der Waals surface area contributed by atoms with Crippen LogP contribution in [0, 0.1) is 19.7 Å². The predicted molar refractivity (Wildman–Crippen MR) is 141 cm³/mol. The summed E-state index contributed by atoms with van der Waals surface area (Å²) in [6.45, 7) is 4.32. The number of H-pyrrole nitrogens is 2. The molecule has 0 unspecified atom stereocenters. The average molecular weight is 483 g/mol. The highest BCUT2D eigenvalue weighted by atomic mass is 19.1. The quantitative estimate of drug-likeness (QED) is 0.261. The molecule has 2 amide bonds. The molecule has 0 atom stereocenters. The van der Waals surface area contributed by atoms with Crippen molar-refractivity contribution in [2.45, 2.75) is 20.3 Å². The molecule has 0 saturated heterocycles. The maximum atomic E-state index is 14.2. The number of carbonyl (C=O) groups excluding carboxylic acids is 2. The van der Waals surface area contributed by atoms with Gasteiger partial charge in [-0.2, -0.15) is 0 Å². The number of benzene rings is 3. The molecule has 36 heavy (non-hydrogen) atoms. The van der Waals surface area contributed by atoms with Crippen LogP contribution in [0.1, 0.15) is 37.7 Å². The third kappa shape index (κ3) is 4.24. The number of nitrogens with one attached hydrogen (secondary N) is 4. The number of hydrogen-bond donors (Lipinski definition) is 4. The third-order valence-corrected chi connectivity index (χ3v) is 6.66. The van der Waals surface area contributed by atoms with Gasteiger partial charge in [-0.15, -0.1) is 0 Å². The zero-order valence-electron chi connectivity index (χ0n) is 20.4. The Morgan fingerprint density at radius 3 is 2.39 bits per heavy atom. The summed E-state index contributed by atoms with van der Waals surface area (Å²) < 4.78 is 14.2. The van der Waals surface area contributed by atoms with E-state index in [0.29, 0.717) is 29.7 Å². The Hall–Kier alpha value is -4.39. The molecule has 0 fully saturated rings. The van der Waals surface area contributed by atoms with Gasteiger partial charge < -0.3 is 20.6 Å². The molecule has 5 aromatic rings. The monoisotopic (exact) mass is 482 g/mol. The van der Waals surface area contributed by atoms with Crippen molar-refractivity contribution in [3.05, 3.63) is 94.6 Å². The highest BCUT2D eigenvalue weighted by molar-refractivity contribution is 5.99. The number of rotatable bonds is 6. The van der Waals surface area contributed by atoms with Gasteiger partial charge in [0.1, 0.15) is 11.5 Å². The largest absolute Gasteiger partial charge is 0.356 e. The summed E-state index contributed by atoms with van der Waals surface area (Å²) in [4.78, 5) is 31.0. The normalized spacial score (nSPS) is 11.2. The number of carbonyl (C=O) groups is 2. The molecule has 0 spiro atoms. The van der Waals surface area contributed by atoms with Crippen LogP contribution in [0.5, 0.6) is 0 Å². The van der Waals surface area contributed by atoms with Crippen molar-refractivity contribution in [2.24, 2.45) is 0 Å². The van der Waals surface area contributed by atoms with Crippen LogP contribution in [0.2, 0.25) is 0 Å². The predicted octanol–water partition coefficient (Wildman–Crippen LogP) is 5.40. The van der Waals surface area contributed by atoms with Gasteiger partial charge in [0, 0.05) is 41.1 Å². The van der Waals surface area contributed by atoms with Crippen LogP contribution in [0.15, 0.2) is 60.7 Å². The van der Waals surface area contributed by atoms with E-state index in [9.17, 15) is 14.0 Å². The SMILES string of the molecule is CNC(=O)c1ccc(-c2ccc3cc(C(=O)NCCc4c(C)[nH]c5c(F)ccc(C)c45)[nH]c3c2)cc1. The molecular formula is C29H27FN4O2. The number of aryl methyl sites for hydroxylation is 2. The smallest absolute Gasteiger partial charge is 0.267 e. The van der Waals surface area contributed by atoms with Crippen molar-refractivity contribution >= 4 is 33.6 Å². The first-order valence-electron chi connectivity index (χ1n) is 11.9. The van der Waals surface area contributed by atoms with Crippen LogP contribution in [0.4, 0.5) is 4.39 Å². The van der Waals surface area contributed by atoms with E-state index in [-0.39, 0.29) is 17.6 Å². The van der Waals surface area contributed by atoms with E-state index in [1.807, 2.05) is 50.2 Å².